The molecule has 0 aliphatic carbocycles. The number of amides is 1. The highest BCUT2D eigenvalue weighted by Crippen LogP contribution is 2.30. The van der Waals surface area contributed by atoms with Gasteiger partial charge in [0, 0.05) is 0 Å². The molecule has 3 rings (SSSR count). The molecule has 2 atom stereocenters. The Kier molecular flexibility index (Phi) is 5.66. The topological polar surface area (TPSA) is 56.8 Å². The number of carbonyl (C=O) groups excluding carboxylic acids is 1. The maximum atomic E-state index is 12.5. The number of aryl methyl sites for hydroxylation is 2. The molecular formula is C21H25NO4. The fraction of sp³-hybridized carbons (Fsp3) is 0.381. The lowest BCUT2D eigenvalue weighted by atomic mass is 10.1. The van der Waals surface area contributed by atoms with Crippen LogP contribution in [0.1, 0.15) is 24.5 Å². The molecule has 26 heavy (non-hydrogen) atoms. The van der Waals surface area contributed by atoms with E-state index < -0.39 is 6.10 Å². The number of ether oxygens (including phenoxy) is 3. The molecule has 2 aromatic rings. The van der Waals surface area contributed by atoms with Crippen molar-refractivity contribution in [3.05, 3.63) is 53.6 Å². The lowest BCUT2D eigenvalue weighted by molar-refractivity contribution is -0.128. The fourth-order valence-electron chi connectivity index (χ4n) is 2.80. The Morgan fingerprint density at radius 2 is 2.00 bits per heavy atom. The molecule has 0 spiro atoms. The number of fused-ring (bicyclic) bond motifs is 1. The third-order valence-electron chi connectivity index (χ3n) is 4.35. The first kappa shape index (κ1) is 18.1. The van der Waals surface area contributed by atoms with Crippen LogP contribution in [0.4, 0.5) is 0 Å². The molecule has 0 saturated carbocycles. The zero-order valence-electron chi connectivity index (χ0n) is 15.5. The largest absolute Gasteiger partial charge is 0.486 e. The van der Waals surface area contributed by atoms with Gasteiger partial charge in [-0.1, -0.05) is 31.2 Å². The minimum atomic E-state index is -0.535. The van der Waals surface area contributed by atoms with Crippen molar-refractivity contribution in [2.24, 2.45) is 0 Å². The van der Waals surface area contributed by atoms with Crippen molar-refractivity contribution < 1.29 is 19.0 Å². The first-order valence-electron chi connectivity index (χ1n) is 8.97. The average molecular weight is 355 g/mol. The molecule has 1 aliphatic heterocycles. The van der Waals surface area contributed by atoms with E-state index in [-0.39, 0.29) is 12.0 Å². The lowest BCUT2D eigenvalue weighted by Crippen LogP contribution is -2.45. The summed E-state index contributed by atoms with van der Waals surface area (Å²) in [5, 5.41) is 2.92. The summed E-state index contributed by atoms with van der Waals surface area (Å²) in [6.07, 6.45) is -0.163. The van der Waals surface area contributed by atoms with Gasteiger partial charge in [0.25, 0.3) is 5.91 Å². The normalized spacial score (nSPS) is 16.7. The van der Waals surface area contributed by atoms with Gasteiger partial charge < -0.3 is 19.5 Å². The Hall–Kier alpha value is -2.69. The molecule has 0 radical (unpaired) electrons. The predicted octanol–water partition coefficient (Wildman–Crippen LogP) is 3.42. The van der Waals surface area contributed by atoms with Crippen LogP contribution in [-0.2, 0) is 4.79 Å². The van der Waals surface area contributed by atoms with Crippen LogP contribution in [-0.4, -0.2) is 31.3 Å². The van der Waals surface area contributed by atoms with Crippen LogP contribution in [0.5, 0.6) is 17.2 Å². The number of rotatable bonds is 6. The zero-order chi connectivity index (χ0) is 18.5. The lowest BCUT2D eigenvalue weighted by Gasteiger charge is -2.27. The highest BCUT2D eigenvalue weighted by Gasteiger charge is 2.24. The summed E-state index contributed by atoms with van der Waals surface area (Å²) in [6, 6.07) is 13.5. The quantitative estimate of drug-likeness (QED) is 0.863. The summed E-state index contributed by atoms with van der Waals surface area (Å²) in [4.78, 5) is 12.5. The molecule has 1 amide bonds. The van der Waals surface area contributed by atoms with E-state index in [9.17, 15) is 4.79 Å². The van der Waals surface area contributed by atoms with Crippen molar-refractivity contribution in [2.45, 2.75) is 39.4 Å². The Morgan fingerprint density at radius 1 is 1.23 bits per heavy atom. The van der Waals surface area contributed by atoms with Crippen molar-refractivity contribution in [2.75, 3.05) is 13.2 Å². The summed E-state index contributed by atoms with van der Waals surface area (Å²) in [5.41, 5.74) is 2.12. The van der Waals surface area contributed by atoms with E-state index in [0.717, 1.165) is 22.6 Å². The third-order valence-corrected chi connectivity index (χ3v) is 4.35. The molecule has 5 nitrogen and oxygen atoms in total. The molecule has 0 bridgehead atoms. The van der Waals surface area contributed by atoms with Gasteiger partial charge in [0.2, 0.25) is 0 Å². The number of hydrogen-bond donors (Lipinski definition) is 1. The summed E-state index contributed by atoms with van der Waals surface area (Å²) in [5.74, 6) is 2.05. The Labute approximate surface area is 154 Å². The smallest absolute Gasteiger partial charge is 0.261 e. The van der Waals surface area contributed by atoms with Crippen molar-refractivity contribution >= 4 is 5.91 Å². The van der Waals surface area contributed by atoms with E-state index >= 15 is 0 Å². The predicted molar refractivity (Wildman–Crippen MR) is 100.0 cm³/mol. The Bertz CT molecular complexity index is 774. The number of hydrogen-bond acceptors (Lipinski definition) is 4. The molecule has 0 saturated heterocycles. The Balaban J connectivity index is 1.56. The van der Waals surface area contributed by atoms with Gasteiger partial charge in [-0.15, -0.1) is 0 Å². The zero-order valence-corrected chi connectivity index (χ0v) is 15.5. The molecule has 0 fully saturated rings. The van der Waals surface area contributed by atoms with Crippen LogP contribution in [0.15, 0.2) is 42.5 Å². The molecule has 0 aromatic heterocycles. The summed E-state index contributed by atoms with van der Waals surface area (Å²) < 4.78 is 17.5. The second-order valence-corrected chi connectivity index (χ2v) is 6.53. The maximum Gasteiger partial charge on any atom is 0.261 e. The number of para-hydroxylation sites is 2. The fourth-order valence-corrected chi connectivity index (χ4v) is 2.80. The first-order chi connectivity index (χ1) is 12.6. The van der Waals surface area contributed by atoms with Gasteiger partial charge in [-0.25, -0.2) is 0 Å². The minimum Gasteiger partial charge on any atom is -0.486 e. The van der Waals surface area contributed by atoms with Gasteiger partial charge in [0.1, 0.15) is 18.5 Å². The van der Waals surface area contributed by atoms with Crippen LogP contribution in [0.2, 0.25) is 0 Å². The first-order valence-corrected chi connectivity index (χ1v) is 8.97. The van der Waals surface area contributed by atoms with E-state index in [1.807, 2.05) is 63.2 Å². The summed E-state index contributed by atoms with van der Waals surface area (Å²) in [7, 11) is 0. The minimum absolute atomic E-state index is 0.143. The van der Waals surface area contributed by atoms with Crippen LogP contribution >= 0.6 is 0 Å². The van der Waals surface area contributed by atoms with Crippen molar-refractivity contribution in [3.8, 4) is 17.2 Å². The molecule has 1 aliphatic rings. The van der Waals surface area contributed by atoms with E-state index in [1.54, 1.807) is 0 Å². The van der Waals surface area contributed by atoms with E-state index in [0.29, 0.717) is 25.3 Å². The number of benzene rings is 2. The highest BCUT2D eigenvalue weighted by molar-refractivity contribution is 5.81. The average Bonchev–Trinajstić information content (AvgIpc) is 2.66. The van der Waals surface area contributed by atoms with Crippen LogP contribution in [0.3, 0.4) is 0 Å². The Morgan fingerprint density at radius 3 is 2.77 bits per heavy atom. The molecule has 2 aromatic carbocycles. The van der Waals surface area contributed by atoms with Gasteiger partial charge in [-0.3, -0.25) is 4.79 Å². The third kappa shape index (κ3) is 4.28. The van der Waals surface area contributed by atoms with E-state index in [4.69, 9.17) is 14.2 Å². The second-order valence-electron chi connectivity index (χ2n) is 6.53. The summed E-state index contributed by atoms with van der Waals surface area (Å²) >= 11 is 0. The van der Waals surface area contributed by atoms with Gasteiger partial charge in [-0.05, 0) is 49.6 Å². The van der Waals surface area contributed by atoms with Crippen molar-refractivity contribution in [1.82, 2.24) is 5.32 Å². The van der Waals surface area contributed by atoms with Gasteiger partial charge >= 0.3 is 0 Å². The number of nitrogens with one attached hydrogen (secondary N) is 1. The SMILES string of the molecule is CC[C@H](Oc1cc(C)ccc1C)C(=O)NC[C@@H]1COc2ccccc2O1. The molecule has 1 N–H and O–H groups in total. The van der Waals surface area contributed by atoms with E-state index in [2.05, 4.69) is 5.32 Å². The molecule has 5 heteroatoms. The van der Waals surface area contributed by atoms with E-state index in [1.165, 1.54) is 0 Å². The molecular weight excluding hydrogens is 330 g/mol. The summed E-state index contributed by atoms with van der Waals surface area (Å²) in [6.45, 7) is 6.70. The monoisotopic (exact) mass is 355 g/mol. The van der Waals surface area contributed by atoms with Crippen LogP contribution in [0, 0.1) is 13.8 Å². The van der Waals surface area contributed by atoms with Gasteiger partial charge in [-0.2, -0.15) is 0 Å². The number of carbonyl (C=O) groups is 1. The van der Waals surface area contributed by atoms with Gasteiger partial charge in [0.15, 0.2) is 17.6 Å². The second kappa shape index (κ2) is 8.13. The van der Waals surface area contributed by atoms with Crippen molar-refractivity contribution in [3.63, 3.8) is 0 Å². The van der Waals surface area contributed by atoms with Crippen LogP contribution in [0.25, 0.3) is 0 Å². The van der Waals surface area contributed by atoms with Crippen LogP contribution < -0.4 is 19.5 Å². The van der Waals surface area contributed by atoms with Crippen molar-refractivity contribution in [1.29, 1.82) is 0 Å². The molecule has 138 valence electrons. The standard InChI is InChI=1S/C21H25NO4/c1-4-17(26-20-11-14(2)9-10-15(20)3)21(23)22-12-16-13-24-18-7-5-6-8-19(18)25-16/h5-11,16-17H,4,12-13H2,1-3H3,(H,22,23)/t16-,17+/m1/s1. The molecule has 0 unspecified atom stereocenters. The van der Waals surface area contributed by atoms with Gasteiger partial charge in [0.05, 0.1) is 6.54 Å². The maximum absolute atomic E-state index is 12.5. The highest BCUT2D eigenvalue weighted by atomic mass is 16.6. The molecule has 1 heterocycles.